The zero-order valence-electron chi connectivity index (χ0n) is 10.1. The molecule has 0 saturated heterocycles. The van der Waals surface area contributed by atoms with E-state index >= 15 is 0 Å². The first-order valence-corrected chi connectivity index (χ1v) is 5.04. The average molecular weight is 279 g/mol. The van der Waals surface area contributed by atoms with E-state index in [0.29, 0.717) is 19.0 Å². The van der Waals surface area contributed by atoms with E-state index in [0.717, 1.165) is 11.3 Å². The Kier molecular flexibility index (Phi) is 9.85. The lowest BCUT2D eigenvalue weighted by molar-refractivity contribution is 1.05. The van der Waals surface area contributed by atoms with Crippen molar-refractivity contribution in [3.8, 4) is 0 Å². The van der Waals surface area contributed by atoms with Crippen molar-refractivity contribution < 1.29 is 0 Å². The second-order valence-corrected chi connectivity index (χ2v) is 3.33. The predicted octanol–water partition coefficient (Wildman–Crippen LogP) is 2.04. The molecule has 4 nitrogen and oxygen atoms in total. The van der Waals surface area contributed by atoms with E-state index in [1.165, 1.54) is 5.56 Å². The first-order chi connectivity index (χ1) is 7.17. The number of anilines is 1. The lowest BCUT2D eigenvalue weighted by atomic mass is 10.1. The van der Waals surface area contributed by atoms with Crippen LogP contribution in [0, 0.1) is 6.92 Å². The zero-order valence-corrected chi connectivity index (χ0v) is 11.7. The summed E-state index contributed by atoms with van der Waals surface area (Å²) in [4.78, 5) is 4.05. The Hall–Kier alpha value is -0.970. The maximum absolute atomic E-state index is 5.65. The third-order valence-corrected chi connectivity index (χ3v) is 2.17. The van der Waals surface area contributed by atoms with Crippen LogP contribution in [0.3, 0.4) is 0 Å². The van der Waals surface area contributed by atoms with Gasteiger partial charge in [-0.2, -0.15) is 0 Å². The number of nitrogens with zero attached hydrogens (tertiary/aromatic N) is 1. The number of halogens is 2. The van der Waals surface area contributed by atoms with Gasteiger partial charge in [0.15, 0.2) is 5.96 Å². The summed E-state index contributed by atoms with van der Waals surface area (Å²) in [5, 5.41) is 3.02. The Bertz CT molecular complexity index is 366. The SMILES string of the molecule is CCN=C(N)Nc1ccc(C)c(CN)c1.Cl.Cl. The molecule has 0 aliphatic rings. The molecule has 0 aromatic heterocycles. The molecule has 0 aliphatic heterocycles. The molecule has 0 spiro atoms. The Balaban J connectivity index is 0. The molecule has 98 valence electrons. The average Bonchev–Trinajstić information content (AvgIpc) is 2.21. The lowest BCUT2D eigenvalue weighted by Gasteiger charge is -2.08. The van der Waals surface area contributed by atoms with E-state index in [1.54, 1.807) is 0 Å². The molecule has 1 rings (SSSR count). The van der Waals surface area contributed by atoms with Gasteiger partial charge in [0.25, 0.3) is 0 Å². The molecule has 1 aromatic rings. The van der Waals surface area contributed by atoms with Gasteiger partial charge in [-0.3, -0.25) is 4.99 Å². The standard InChI is InChI=1S/C11H18N4.2ClH/c1-3-14-11(13)15-10-5-4-8(2)9(6-10)7-12;;/h4-6H,3,7,12H2,1-2H3,(H3,13,14,15);2*1H. The highest BCUT2D eigenvalue weighted by Crippen LogP contribution is 2.14. The van der Waals surface area contributed by atoms with Crippen molar-refractivity contribution in [2.24, 2.45) is 16.5 Å². The van der Waals surface area contributed by atoms with E-state index in [9.17, 15) is 0 Å². The van der Waals surface area contributed by atoms with Gasteiger partial charge in [-0.25, -0.2) is 0 Å². The molecule has 0 fully saturated rings. The molecular formula is C11H20Cl2N4. The molecule has 0 heterocycles. The van der Waals surface area contributed by atoms with Crippen molar-refractivity contribution in [2.45, 2.75) is 20.4 Å². The number of aryl methyl sites for hydroxylation is 1. The molecule has 1 aromatic carbocycles. The summed E-state index contributed by atoms with van der Waals surface area (Å²) in [6.07, 6.45) is 0. The minimum absolute atomic E-state index is 0. The minimum Gasteiger partial charge on any atom is -0.370 e. The molecule has 5 N–H and O–H groups in total. The van der Waals surface area contributed by atoms with Crippen LogP contribution in [0.5, 0.6) is 0 Å². The smallest absolute Gasteiger partial charge is 0.193 e. The van der Waals surface area contributed by atoms with Crippen molar-refractivity contribution >= 4 is 36.5 Å². The third-order valence-electron chi connectivity index (χ3n) is 2.17. The van der Waals surface area contributed by atoms with Gasteiger partial charge < -0.3 is 16.8 Å². The molecular weight excluding hydrogens is 259 g/mol. The Morgan fingerprint density at radius 2 is 2.00 bits per heavy atom. The summed E-state index contributed by atoms with van der Waals surface area (Å²) in [5.74, 6) is 0.435. The van der Waals surface area contributed by atoms with Crippen molar-refractivity contribution in [1.82, 2.24) is 0 Å². The zero-order chi connectivity index (χ0) is 11.3. The molecule has 17 heavy (non-hydrogen) atoms. The Labute approximate surface area is 115 Å². The quantitative estimate of drug-likeness (QED) is 0.585. The highest BCUT2D eigenvalue weighted by molar-refractivity contribution is 5.92. The van der Waals surface area contributed by atoms with Gasteiger partial charge in [0.05, 0.1) is 0 Å². The monoisotopic (exact) mass is 278 g/mol. The van der Waals surface area contributed by atoms with Crippen LogP contribution in [-0.4, -0.2) is 12.5 Å². The second-order valence-electron chi connectivity index (χ2n) is 3.33. The maximum Gasteiger partial charge on any atom is 0.193 e. The molecule has 0 amide bonds. The number of nitrogens with two attached hydrogens (primary N) is 2. The van der Waals surface area contributed by atoms with Gasteiger partial charge in [0.1, 0.15) is 0 Å². The molecule has 0 aliphatic carbocycles. The van der Waals surface area contributed by atoms with Crippen LogP contribution < -0.4 is 16.8 Å². The first kappa shape index (κ1) is 18.4. The molecule has 0 atom stereocenters. The normalized spacial score (nSPS) is 10.2. The summed E-state index contributed by atoms with van der Waals surface area (Å²) < 4.78 is 0. The number of aliphatic imine (C=N–C) groups is 1. The van der Waals surface area contributed by atoms with E-state index in [4.69, 9.17) is 11.5 Å². The van der Waals surface area contributed by atoms with Crippen molar-refractivity contribution in [3.63, 3.8) is 0 Å². The molecule has 6 heteroatoms. The van der Waals surface area contributed by atoms with Gasteiger partial charge in [0, 0.05) is 18.8 Å². The summed E-state index contributed by atoms with van der Waals surface area (Å²) in [5.41, 5.74) is 14.5. The summed E-state index contributed by atoms with van der Waals surface area (Å²) >= 11 is 0. The maximum atomic E-state index is 5.65. The van der Waals surface area contributed by atoms with Gasteiger partial charge in [-0.15, -0.1) is 24.8 Å². The second kappa shape index (κ2) is 9.10. The number of nitrogens with one attached hydrogen (secondary N) is 1. The van der Waals surface area contributed by atoms with Crippen LogP contribution >= 0.6 is 24.8 Å². The predicted molar refractivity (Wildman–Crippen MR) is 79.4 cm³/mol. The fourth-order valence-electron chi connectivity index (χ4n) is 1.33. The summed E-state index contributed by atoms with van der Waals surface area (Å²) in [6, 6.07) is 5.98. The number of benzene rings is 1. The van der Waals surface area contributed by atoms with Crippen LogP contribution in [0.4, 0.5) is 5.69 Å². The molecule has 0 saturated carbocycles. The van der Waals surface area contributed by atoms with Gasteiger partial charge >= 0.3 is 0 Å². The van der Waals surface area contributed by atoms with Crippen LogP contribution in [-0.2, 0) is 6.54 Å². The van der Waals surface area contributed by atoms with Crippen molar-refractivity contribution in [2.75, 3.05) is 11.9 Å². The summed E-state index contributed by atoms with van der Waals surface area (Å²) in [7, 11) is 0. The minimum atomic E-state index is 0. The van der Waals surface area contributed by atoms with E-state index in [1.807, 2.05) is 32.0 Å². The number of guanidine groups is 1. The molecule has 0 unspecified atom stereocenters. The topological polar surface area (TPSA) is 76.4 Å². The van der Waals surface area contributed by atoms with Gasteiger partial charge in [-0.05, 0) is 37.1 Å². The molecule has 0 radical (unpaired) electrons. The third kappa shape index (κ3) is 5.77. The number of rotatable bonds is 3. The van der Waals surface area contributed by atoms with Crippen LogP contribution in [0.1, 0.15) is 18.1 Å². The van der Waals surface area contributed by atoms with Crippen LogP contribution in [0.15, 0.2) is 23.2 Å². The first-order valence-electron chi connectivity index (χ1n) is 5.04. The van der Waals surface area contributed by atoms with Crippen LogP contribution in [0.25, 0.3) is 0 Å². The van der Waals surface area contributed by atoms with E-state index in [-0.39, 0.29) is 24.8 Å². The number of hydrogen-bond acceptors (Lipinski definition) is 2. The highest BCUT2D eigenvalue weighted by atomic mass is 35.5. The summed E-state index contributed by atoms with van der Waals surface area (Å²) in [6.45, 7) is 5.19. The van der Waals surface area contributed by atoms with Gasteiger partial charge in [0.2, 0.25) is 0 Å². The van der Waals surface area contributed by atoms with Crippen molar-refractivity contribution in [3.05, 3.63) is 29.3 Å². The van der Waals surface area contributed by atoms with E-state index < -0.39 is 0 Å². The van der Waals surface area contributed by atoms with E-state index in [2.05, 4.69) is 10.3 Å². The fraction of sp³-hybridized carbons (Fsp3) is 0.364. The lowest BCUT2D eigenvalue weighted by Crippen LogP contribution is -2.22. The van der Waals surface area contributed by atoms with Crippen molar-refractivity contribution in [1.29, 1.82) is 0 Å². The van der Waals surface area contributed by atoms with Crippen LogP contribution in [0.2, 0.25) is 0 Å². The largest absolute Gasteiger partial charge is 0.370 e. The Morgan fingerprint density at radius 1 is 1.35 bits per heavy atom. The Morgan fingerprint density at radius 3 is 2.53 bits per heavy atom. The highest BCUT2D eigenvalue weighted by Gasteiger charge is 1.99. The van der Waals surface area contributed by atoms with Gasteiger partial charge in [-0.1, -0.05) is 6.07 Å². The fourth-order valence-corrected chi connectivity index (χ4v) is 1.33. The number of hydrogen-bond donors (Lipinski definition) is 3. The molecule has 0 bridgehead atoms.